The molecule has 0 aliphatic carbocycles. The molecule has 2 aliphatic rings. The second-order valence-electron chi connectivity index (χ2n) is 10.8. The number of nitrogens with one attached hydrogen (secondary N) is 2. The lowest BCUT2D eigenvalue weighted by molar-refractivity contribution is -0.274. The number of halogens is 4. The molecule has 0 saturated carbocycles. The normalized spacial score (nSPS) is 18.1. The van der Waals surface area contributed by atoms with Crippen LogP contribution in [-0.2, 0) is 4.79 Å². The Morgan fingerprint density at radius 1 is 1.05 bits per heavy atom. The largest absolute Gasteiger partial charge is 0.573 e. The van der Waals surface area contributed by atoms with Gasteiger partial charge in [0, 0.05) is 88.9 Å². The van der Waals surface area contributed by atoms with E-state index in [1.165, 1.54) is 24.0 Å². The van der Waals surface area contributed by atoms with Crippen LogP contribution in [0, 0.1) is 5.82 Å². The SMILES string of the molecule is CC(=O)N1CCC[C@H](c2cc(-c3ccc(N4CCNCC4)cc3OC(F)(F)F)c3cc(C(=O)N(C)C)[nH]c3c2F)C1. The fraction of sp³-hybridized carbons (Fsp3) is 0.448. The molecule has 2 aromatic carbocycles. The summed E-state index contributed by atoms with van der Waals surface area (Å²) in [4.78, 5) is 32.7. The van der Waals surface area contributed by atoms with E-state index in [1.54, 1.807) is 37.2 Å². The first-order chi connectivity index (χ1) is 19.4. The van der Waals surface area contributed by atoms with Crippen LogP contribution in [0.5, 0.6) is 5.75 Å². The predicted octanol–water partition coefficient (Wildman–Crippen LogP) is 4.71. The van der Waals surface area contributed by atoms with Crippen molar-refractivity contribution in [1.29, 1.82) is 0 Å². The summed E-state index contributed by atoms with van der Waals surface area (Å²) in [6.07, 6.45) is -3.70. The van der Waals surface area contributed by atoms with Crippen LogP contribution < -0.4 is 15.0 Å². The first-order valence-electron chi connectivity index (χ1n) is 13.6. The van der Waals surface area contributed by atoms with Gasteiger partial charge in [0.2, 0.25) is 5.91 Å². The van der Waals surface area contributed by atoms with E-state index in [4.69, 9.17) is 0 Å². The van der Waals surface area contributed by atoms with Gasteiger partial charge in [-0.1, -0.05) is 0 Å². The van der Waals surface area contributed by atoms with E-state index < -0.39 is 23.8 Å². The van der Waals surface area contributed by atoms with E-state index in [1.807, 2.05) is 4.90 Å². The van der Waals surface area contributed by atoms with Crippen molar-refractivity contribution in [2.75, 3.05) is 58.3 Å². The molecule has 2 saturated heterocycles. The van der Waals surface area contributed by atoms with Crippen LogP contribution in [0.25, 0.3) is 22.0 Å². The topological polar surface area (TPSA) is 80.9 Å². The Bertz CT molecular complexity index is 1460. The second-order valence-corrected chi connectivity index (χ2v) is 10.8. The van der Waals surface area contributed by atoms with Crippen molar-refractivity contribution in [2.45, 2.75) is 32.0 Å². The van der Waals surface area contributed by atoms with Crippen molar-refractivity contribution >= 4 is 28.4 Å². The highest BCUT2D eigenvalue weighted by molar-refractivity contribution is 6.04. The van der Waals surface area contributed by atoms with Gasteiger partial charge in [-0.15, -0.1) is 13.2 Å². The third kappa shape index (κ3) is 5.97. The first kappa shape index (κ1) is 28.7. The molecular weight excluding hydrogens is 542 g/mol. The van der Waals surface area contributed by atoms with E-state index in [0.29, 0.717) is 56.8 Å². The van der Waals surface area contributed by atoms with E-state index in [-0.39, 0.29) is 46.1 Å². The van der Waals surface area contributed by atoms with Gasteiger partial charge in [-0.2, -0.15) is 0 Å². The summed E-state index contributed by atoms with van der Waals surface area (Å²) >= 11 is 0. The fourth-order valence-electron chi connectivity index (χ4n) is 5.74. The summed E-state index contributed by atoms with van der Waals surface area (Å²) in [5.41, 5.74) is 1.40. The third-order valence-corrected chi connectivity index (χ3v) is 7.79. The molecule has 0 unspecified atom stereocenters. The molecule has 220 valence electrons. The third-order valence-electron chi connectivity index (χ3n) is 7.79. The van der Waals surface area contributed by atoms with Gasteiger partial charge < -0.3 is 29.7 Å². The second kappa shape index (κ2) is 11.2. The molecule has 5 rings (SSSR count). The number of carbonyl (C=O) groups excluding carboxylic acids is 2. The van der Waals surface area contributed by atoms with Crippen molar-refractivity contribution in [3.05, 3.63) is 47.4 Å². The van der Waals surface area contributed by atoms with Crippen molar-refractivity contribution in [3.63, 3.8) is 0 Å². The summed E-state index contributed by atoms with van der Waals surface area (Å²) in [5.74, 6) is -1.91. The highest BCUT2D eigenvalue weighted by Crippen LogP contribution is 2.43. The Morgan fingerprint density at radius 3 is 2.44 bits per heavy atom. The minimum absolute atomic E-state index is 0.0202. The number of nitrogens with zero attached hydrogens (tertiary/aromatic N) is 3. The van der Waals surface area contributed by atoms with Gasteiger partial charge in [0.05, 0.1) is 5.52 Å². The van der Waals surface area contributed by atoms with Gasteiger partial charge >= 0.3 is 6.36 Å². The monoisotopic (exact) mass is 575 g/mol. The molecule has 2 N–H and O–H groups in total. The van der Waals surface area contributed by atoms with Crippen molar-refractivity contribution in [3.8, 4) is 16.9 Å². The smallest absolute Gasteiger partial charge is 0.405 e. The molecule has 2 fully saturated rings. The van der Waals surface area contributed by atoms with Gasteiger partial charge in [0.1, 0.15) is 11.4 Å². The number of piperidine rings is 1. The maximum absolute atomic E-state index is 16.2. The number of anilines is 1. The predicted molar refractivity (Wildman–Crippen MR) is 148 cm³/mol. The Morgan fingerprint density at radius 2 is 1.78 bits per heavy atom. The van der Waals surface area contributed by atoms with Gasteiger partial charge in [0.25, 0.3) is 5.91 Å². The Hall–Kier alpha value is -3.80. The number of hydrogen-bond donors (Lipinski definition) is 2. The van der Waals surface area contributed by atoms with E-state index in [2.05, 4.69) is 15.0 Å². The number of H-pyrrole nitrogens is 1. The molecule has 41 heavy (non-hydrogen) atoms. The number of rotatable bonds is 5. The average Bonchev–Trinajstić information content (AvgIpc) is 3.39. The molecule has 1 atom stereocenters. The number of amides is 2. The van der Waals surface area contributed by atoms with Gasteiger partial charge in [0.15, 0.2) is 5.82 Å². The molecule has 1 aromatic heterocycles. The number of ether oxygens (including phenoxy) is 1. The van der Waals surface area contributed by atoms with E-state index in [0.717, 1.165) is 0 Å². The molecular formula is C29H33F4N5O3. The van der Waals surface area contributed by atoms with Gasteiger partial charge in [-0.05, 0) is 48.2 Å². The number of alkyl halides is 3. The molecule has 12 heteroatoms. The molecule has 0 spiro atoms. The zero-order valence-corrected chi connectivity index (χ0v) is 23.2. The van der Waals surface area contributed by atoms with Crippen LogP contribution in [0.2, 0.25) is 0 Å². The highest BCUT2D eigenvalue weighted by Gasteiger charge is 2.34. The fourth-order valence-corrected chi connectivity index (χ4v) is 5.74. The molecule has 0 radical (unpaired) electrons. The molecule has 2 aliphatic heterocycles. The lowest BCUT2D eigenvalue weighted by atomic mass is 9.86. The van der Waals surface area contributed by atoms with Crippen LogP contribution in [0.1, 0.15) is 41.7 Å². The number of aromatic amines is 1. The van der Waals surface area contributed by atoms with Crippen LogP contribution in [0.15, 0.2) is 30.3 Å². The molecule has 3 heterocycles. The van der Waals surface area contributed by atoms with Crippen molar-refractivity contribution < 1.29 is 31.9 Å². The minimum Gasteiger partial charge on any atom is -0.405 e. The number of aromatic nitrogens is 1. The molecule has 8 nitrogen and oxygen atoms in total. The number of benzene rings is 2. The quantitative estimate of drug-likeness (QED) is 0.431. The summed E-state index contributed by atoms with van der Waals surface area (Å²) < 4.78 is 61.7. The van der Waals surface area contributed by atoms with E-state index in [9.17, 15) is 22.8 Å². The summed E-state index contributed by atoms with van der Waals surface area (Å²) in [6, 6.07) is 7.66. The molecule has 2 amide bonds. The van der Waals surface area contributed by atoms with Gasteiger partial charge in [-0.25, -0.2) is 4.39 Å². The van der Waals surface area contributed by atoms with Crippen LogP contribution >= 0.6 is 0 Å². The number of piperazine rings is 1. The average molecular weight is 576 g/mol. The number of hydrogen-bond acceptors (Lipinski definition) is 5. The lowest BCUT2D eigenvalue weighted by Gasteiger charge is -2.33. The minimum atomic E-state index is -4.96. The Balaban J connectivity index is 1.71. The number of likely N-dealkylation sites (tertiary alicyclic amines) is 1. The lowest BCUT2D eigenvalue weighted by Crippen LogP contribution is -2.43. The maximum atomic E-state index is 16.2. The van der Waals surface area contributed by atoms with E-state index >= 15 is 4.39 Å². The summed E-state index contributed by atoms with van der Waals surface area (Å²) in [5, 5.41) is 3.48. The number of fused-ring (bicyclic) bond motifs is 1. The first-order valence-corrected chi connectivity index (χ1v) is 13.6. The maximum Gasteiger partial charge on any atom is 0.573 e. The molecule has 0 bridgehead atoms. The van der Waals surface area contributed by atoms with Crippen molar-refractivity contribution in [2.24, 2.45) is 0 Å². The Labute approximate surface area is 235 Å². The Kier molecular flexibility index (Phi) is 7.87. The standard InChI is InChI=1S/C29H33F4N5O3/c1-17(39)38-10-4-5-18(16-38)21-14-22(23-15-24(28(40)36(2)3)35-27(23)26(21)30)20-7-6-19(37-11-8-34-9-12-37)13-25(20)41-29(31,32)33/h6-7,13-15,18,34-35H,4-5,8-12,16H2,1-3H3/t18-/m0/s1. The van der Waals surface area contributed by atoms with Crippen LogP contribution in [0.4, 0.5) is 23.2 Å². The zero-order chi connectivity index (χ0) is 29.5. The highest BCUT2D eigenvalue weighted by atomic mass is 19.4. The number of carbonyl (C=O) groups is 2. The van der Waals surface area contributed by atoms with Gasteiger partial charge in [-0.3, -0.25) is 9.59 Å². The zero-order valence-electron chi connectivity index (χ0n) is 23.2. The summed E-state index contributed by atoms with van der Waals surface area (Å²) in [7, 11) is 3.11. The summed E-state index contributed by atoms with van der Waals surface area (Å²) in [6.45, 7) is 4.94. The molecule has 3 aromatic rings. The van der Waals surface area contributed by atoms with Crippen LogP contribution in [0.3, 0.4) is 0 Å². The van der Waals surface area contributed by atoms with Crippen molar-refractivity contribution in [1.82, 2.24) is 20.1 Å². The van der Waals surface area contributed by atoms with Crippen LogP contribution in [-0.4, -0.2) is 86.3 Å².